The summed E-state index contributed by atoms with van der Waals surface area (Å²) >= 11 is 0. The van der Waals surface area contributed by atoms with Gasteiger partial charge in [-0.05, 0) is 42.0 Å². The number of hydrogen-bond donors (Lipinski definition) is 1. The van der Waals surface area contributed by atoms with Crippen molar-refractivity contribution in [2.45, 2.75) is 6.61 Å². The Morgan fingerprint density at radius 1 is 0.929 bits per heavy atom. The molecule has 5 heteroatoms. The van der Waals surface area contributed by atoms with Crippen LogP contribution in [0.4, 0.5) is 0 Å². The largest absolute Gasteiger partial charge is 0.502 e. The van der Waals surface area contributed by atoms with E-state index in [0.717, 1.165) is 5.56 Å². The molecule has 0 unspecified atom stereocenters. The molecule has 0 atom stereocenters. The first-order chi connectivity index (χ1) is 13.7. The van der Waals surface area contributed by atoms with Crippen LogP contribution in [0.15, 0.2) is 82.0 Å². The number of ether oxygens (including phenoxy) is 2. The summed E-state index contributed by atoms with van der Waals surface area (Å²) in [5.74, 6) is 0.935. The van der Waals surface area contributed by atoms with E-state index < -0.39 is 11.2 Å². The average Bonchev–Trinajstić information content (AvgIpc) is 2.75. The van der Waals surface area contributed by atoms with Crippen molar-refractivity contribution in [1.29, 1.82) is 0 Å². The van der Waals surface area contributed by atoms with E-state index in [1.165, 1.54) is 0 Å². The van der Waals surface area contributed by atoms with E-state index in [4.69, 9.17) is 13.9 Å². The highest BCUT2D eigenvalue weighted by Crippen LogP contribution is 2.32. The molecule has 4 rings (SSSR count). The molecule has 28 heavy (non-hydrogen) atoms. The zero-order valence-corrected chi connectivity index (χ0v) is 15.2. The molecule has 0 saturated carbocycles. The average molecular weight is 374 g/mol. The van der Waals surface area contributed by atoms with Gasteiger partial charge >= 0.3 is 0 Å². The fourth-order valence-electron chi connectivity index (χ4n) is 2.93. The molecule has 0 bridgehead atoms. The molecule has 0 amide bonds. The normalized spacial score (nSPS) is 10.8. The van der Waals surface area contributed by atoms with Crippen LogP contribution in [0.2, 0.25) is 0 Å². The van der Waals surface area contributed by atoms with Crippen molar-refractivity contribution in [3.63, 3.8) is 0 Å². The third-order valence-electron chi connectivity index (χ3n) is 4.44. The van der Waals surface area contributed by atoms with Gasteiger partial charge in [0.2, 0.25) is 11.2 Å². The van der Waals surface area contributed by atoms with Crippen molar-refractivity contribution in [3.05, 3.63) is 88.6 Å². The fourth-order valence-corrected chi connectivity index (χ4v) is 2.93. The van der Waals surface area contributed by atoms with Crippen molar-refractivity contribution in [3.8, 4) is 28.6 Å². The van der Waals surface area contributed by atoms with Crippen LogP contribution in [-0.2, 0) is 6.61 Å². The quantitative estimate of drug-likeness (QED) is 0.546. The first kappa shape index (κ1) is 17.7. The lowest BCUT2D eigenvalue weighted by atomic mass is 10.1. The summed E-state index contributed by atoms with van der Waals surface area (Å²) < 4.78 is 16.8. The maximum atomic E-state index is 12.6. The van der Waals surface area contributed by atoms with Crippen LogP contribution in [0.5, 0.6) is 17.2 Å². The molecular weight excluding hydrogens is 356 g/mol. The summed E-state index contributed by atoms with van der Waals surface area (Å²) in [5, 5.41) is 10.6. The molecule has 0 aliphatic carbocycles. The lowest BCUT2D eigenvalue weighted by molar-refractivity contribution is 0.306. The monoisotopic (exact) mass is 374 g/mol. The SMILES string of the molecule is COc1ccc(-c2oc3cc(OCc4ccccc4)ccc3c(=O)c2O)cc1. The van der Waals surface area contributed by atoms with Crippen molar-refractivity contribution in [1.82, 2.24) is 0 Å². The van der Waals surface area contributed by atoms with Crippen LogP contribution in [0.1, 0.15) is 5.56 Å². The van der Waals surface area contributed by atoms with E-state index in [1.807, 2.05) is 30.3 Å². The minimum absolute atomic E-state index is 0.111. The Balaban J connectivity index is 1.71. The van der Waals surface area contributed by atoms with Crippen LogP contribution < -0.4 is 14.9 Å². The van der Waals surface area contributed by atoms with Gasteiger partial charge in [0.15, 0.2) is 5.76 Å². The van der Waals surface area contributed by atoms with Gasteiger partial charge in [-0.3, -0.25) is 4.79 Å². The summed E-state index contributed by atoms with van der Waals surface area (Å²) in [5.41, 5.74) is 1.47. The van der Waals surface area contributed by atoms with Crippen LogP contribution in [0.25, 0.3) is 22.3 Å². The molecule has 1 N–H and O–H groups in total. The van der Waals surface area contributed by atoms with E-state index in [2.05, 4.69) is 0 Å². The van der Waals surface area contributed by atoms with Gasteiger partial charge in [0.1, 0.15) is 23.7 Å². The standard InChI is InChI=1S/C23H18O5/c1-26-17-9-7-16(8-10-17)23-22(25)21(24)19-12-11-18(13-20(19)28-23)27-14-15-5-3-2-4-6-15/h2-13,25H,14H2,1H3. The maximum absolute atomic E-state index is 12.6. The van der Waals surface area contributed by atoms with Crippen LogP contribution in [0, 0.1) is 0 Å². The number of hydrogen-bond acceptors (Lipinski definition) is 5. The number of benzene rings is 3. The summed E-state index contributed by atoms with van der Waals surface area (Å²) in [6.45, 7) is 0.403. The molecular formula is C23H18O5. The van der Waals surface area contributed by atoms with Crippen LogP contribution >= 0.6 is 0 Å². The highest BCUT2D eigenvalue weighted by Gasteiger charge is 2.16. The van der Waals surface area contributed by atoms with E-state index >= 15 is 0 Å². The third kappa shape index (κ3) is 3.42. The van der Waals surface area contributed by atoms with E-state index in [-0.39, 0.29) is 5.76 Å². The van der Waals surface area contributed by atoms with Crippen LogP contribution in [-0.4, -0.2) is 12.2 Å². The van der Waals surface area contributed by atoms with Gasteiger partial charge < -0.3 is 19.0 Å². The zero-order valence-electron chi connectivity index (χ0n) is 15.2. The molecule has 3 aromatic carbocycles. The second kappa shape index (κ2) is 7.48. The Morgan fingerprint density at radius 2 is 1.64 bits per heavy atom. The molecule has 1 heterocycles. The smallest absolute Gasteiger partial charge is 0.235 e. The molecule has 4 aromatic rings. The Kier molecular flexibility index (Phi) is 4.72. The molecule has 1 aromatic heterocycles. The minimum atomic E-state index is -0.485. The minimum Gasteiger partial charge on any atom is -0.502 e. The predicted octanol–water partition coefficient (Wildman–Crippen LogP) is 4.75. The van der Waals surface area contributed by atoms with E-state index in [0.29, 0.717) is 34.6 Å². The Hall–Kier alpha value is -3.73. The maximum Gasteiger partial charge on any atom is 0.235 e. The summed E-state index contributed by atoms with van der Waals surface area (Å²) in [6.07, 6.45) is 0. The van der Waals surface area contributed by atoms with Gasteiger partial charge in [0.25, 0.3) is 0 Å². The molecule has 5 nitrogen and oxygen atoms in total. The highest BCUT2D eigenvalue weighted by molar-refractivity contribution is 5.83. The Labute approximate surface area is 161 Å². The molecule has 0 aliphatic heterocycles. The van der Waals surface area contributed by atoms with Crippen molar-refractivity contribution >= 4 is 11.0 Å². The van der Waals surface area contributed by atoms with Gasteiger partial charge in [-0.25, -0.2) is 0 Å². The first-order valence-corrected chi connectivity index (χ1v) is 8.76. The fraction of sp³-hybridized carbons (Fsp3) is 0.0870. The Bertz CT molecular complexity index is 1160. The van der Waals surface area contributed by atoms with Crippen LogP contribution in [0.3, 0.4) is 0 Å². The first-order valence-electron chi connectivity index (χ1n) is 8.76. The molecule has 0 spiro atoms. The molecule has 0 aliphatic rings. The van der Waals surface area contributed by atoms with E-state index in [9.17, 15) is 9.90 Å². The lowest BCUT2D eigenvalue weighted by Crippen LogP contribution is -2.03. The number of rotatable bonds is 5. The summed E-state index contributed by atoms with van der Waals surface area (Å²) in [4.78, 5) is 12.6. The topological polar surface area (TPSA) is 68.9 Å². The van der Waals surface area contributed by atoms with Gasteiger partial charge in [-0.1, -0.05) is 30.3 Å². The van der Waals surface area contributed by atoms with Crippen molar-refractivity contribution in [2.75, 3.05) is 7.11 Å². The lowest BCUT2D eigenvalue weighted by Gasteiger charge is -2.09. The number of aromatic hydroxyl groups is 1. The van der Waals surface area contributed by atoms with Crippen molar-refractivity contribution < 1.29 is 19.0 Å². The summed E-state index contributed by atoms with van der Waals surface area (Å²) in [6, 6.07) is 21.6. The van der Waals surface area contributed by atoms with Crippen molar-refractivity contribution in [2.24, 2.45) is 0 Å². The number of fused-ring (bicyclic) bond motifs is 1. The highest BCUT2D eigenvalue weighted by atomic mass is 16.5. The second-order valence-corrected chi connectivity index (χ2v) is 6.27. The van der Waals surface area contributed by atoms with Gasteiger partial charge in [-0.2, -0.15) is 0 Å². The molecule has 0 fully saturated rings. The van der Waals surface area contributed by atoms with Gasteiger partial charge in [-0.15, -0.1) is 0 Å². The van der Waals surface area contributed by atoms with Gasteiger partial charge in [0, 0.05) is 11.6 Å². The zero-order chi connectivity index (χ0) is 19.5. The second-order valence-electron chi connectivity index (χ2n) is 6.27. The number of methoxy groups -OCH3 is 1. The molecule has 0 radical (unpaired) electrons. The Morgan fingerprint density at radius 3 is 2.36 bits per heavy atom. The summed E-state index contributed by atoms with van der Waals surface area (Å²) in [7, 11) is 1.57. The molecule has 140 valence electrons. The third-order valence-corrected chi connectivity index (χ3v) is 4.44. The van der Waals surface area contributed by atoms with E-state index in [1.54, 1.807) is 49.6 Å². The van der Waals surface area contributed by atoms with Gasteiger partial charge in [0.05, 0.1) is 12.5 Å². The molecule has 0 saturated heterocycles. The predicted molar refractivity (Wildman–Crippen MR) is 107 cm³/mol.